The van der Waals surface area contributed by atoms with Gasteiger partial charge < -0.3 is 10.0 Å². The molecule has 2 heterocycles. The van der Waals surface area contributed by atoms with Crippen molar-refractivity contribution in [2.24, 2.45) is 0 Å². The lowest BCUT2D eigenvalue weighted by Gasteiger charge is -2.26. The molecule has 1 N–H and O–H groups in total. The van der Waals surface area contributed by atoms with Crippen molar-refractivity contribution < 1.29 is 5.11 Å². The van der Waals surface area contributed by atoms with E-state index in [0.29, 0.717) is 0 Å². The summed E-state index contributed by atoms with van der Waals surface area (Å²) >= 11 is 0. The first-order valence-corrected chi connectivity index (χ1v) is 4.19. The molecule has 0 saturated carbocycles. The highest BCUT2D eigenvalue weighted by atomic mass is 16.3. The highest BCUT2D eigenvalue weighted by Gasteiger charge is 2.17. The number of hydrogen-bond acceptors (Lipinski definition) is 3. The van der Waals surface area contributed by atoms with Gasteiger partial charge in [0, 0.05) is 25.7 Å². The second-order valence-corrected chi connectivity index (χ2v) is 3.15. The average molecular weight is 167 g/mol. The zero-order valence-electron chi connectivity index (χ0n) is 7.19. The minimum absolute atomic E-state index is 0.0830. The van der Waals surface area contributed by atoms with Crippen LogP contribution in [0.2, 0.25) is 0 Å². The largest absolute Gasteiger partial charge is 0.391 e. The highest BCUT2D eigenvalue weighted by Crippen LogP contribution is 2.23. The van der Waals surface area contributed by atoms with Gasteiger partial charge in [-0.25, -0.2) is 4.68 Å². The van der Waals surface area contributed by atoms with Crippen LogP contribution in [-0.4, -0.2) is 28.5 Å². The molecule has 2 rings (SSSR count). The molecule has 0 aromatic carbocycles. The van der Waals surface area contributed by atoms with E-state index in [-0.39, 0.29) is 6.61 Å². The van der Waals surface area contributed by atoms with Gasteiger partial charge in [-0.15, -0.1) is 0 Å². The molecule has 0 saturated heterocycles. The van der Waals surface area contributed by atoms with Gasteiger partial charge in [0.25, 0.3) is 0 Å². The first-order valence-electron chi connectivity index (χ1n) is 4.19. The molecule has 66 valence electrons. The SMILES string of the molecule is CN1CCCn2ncc(CO)c21. The minimum atomic E-state index is 0.0830. The van der Waals surface area contributed by atoms with E-state index in [9.17, 15) is 0 Å². The number of fused-ring (bicyclic) bond motifs is 1. The Hall–Kier alpha value is -1.03. The van der Waals surface area contributed by atoms with Crippen LogP contribution in [0, 0.1) is 0 Å². The van der Waals surface area contributed by atoms with Crippen molar-refractivity contribution in [1.29, 1.82) is 0 Å². The van der Waals surface area contributed by atoms with Crippen molar-refractivity contribution in [3.8, 4) is 0 Å². The first kappa shape index (κ1) is 7.61. The summed E-state index contributed by atoms with van der Waals surface area (Å²) in [6.45, 7) is 2.11. The van der Waals surface area contributed by atoms with Gasteiger partial charge in [0.15, 0.2) is 0 Å². The zero-order valence-corrected chi connectivity index (χ0v) is 7.19. The van der Waals surface area contributed by atoms with Crippen LogP contribution in [0.4, 0.5) is 5.82 Å². The molecule has 0 atom stereocenters. The van der Waals surface area contributed by atoms with E-state index in [2.05, 4.69) is 10.00 Å². The third-order valence-electron chi connectivity index (χ3n) is 2.28. The molecule has 0 spiro atoms. The Balaban J connectivity index is 2.43. The van der Waals surface area contributed by atoms with Crippen molar-refractivity contribution in [3.05, 3.63) is 11.8 Å². The molecule has 1 aliphatic heterocycles. The molecule has 12 heavy (non-hydrogen) atoms. The van der Waals surface area contributed by atoms with Gasteiger partial charge in [-0.2, -0.15) is 5.10 Å². The monoisotopic (exact) mass is 167 g/mol. The molecular weight excluding hydrogens is 154 g/mol. The van der Waals surface area contributed by atoms with Crippen molar-refractivity contribution >= 4 is 5.82 Å². The van der Waals surface area contributed by atoms with Gasteiger partial charge in [-0.3, -0.25) is 0 Å². The van der Waals surface area contributed by atoms with E-state index in [4.69, 9.17) is 5.11 Å². The van der Waals surface area contributed by atoms with Gasteiger partial charge in [0.05, 0.1) is 12.8 Å². The summed E-state index contributed by atoms with van der Waals surface area (Å²) in [4.78, 5) is 2.14. The van der Waals surface area contributed by atoms with Crippen molar-refractivity contribution in [3.63, 3.8) is 0 Å². The van der Waals surface area contributed by atoms with E-state index in [0.717, 1.165) is 30.9 Å². The van der Waals surface area contributed by atoms with Crippen LogP contribution in [-0.2, 0) is 13.2 Å². The van der Waals surface area contributed by atoms with Gasteiger partial charge in [0.1, 0.15) is 5.82 Å². The summed E-state index contributed by atoms with van der Waals surface area (Å²) in [5.74, 6) is 1.07. The Labute approximate surface area is 71.4 Å². The molecule has 1 aromatic heterocycles. The molecule has 0 unspecified atom stereocenters. The van der Waals surface area contributed by atoms with Crippen molar-refractivity contribution in [1.82, 2.24) is 9.78 Å². The summed E-state index contributed by atoms with van der Waals surface area (Å²) < 4.78 is 1.95. The van der Waals surface area contributed by atoms with Crippen LogP contribution < -0.4 is 4.90 Å². The Kier molecular flexibility index (Phi) is 1.77. The third-order valence-corrected chi connectivity index (χ3v) is 2.28. The highest BCUT2D eigenvalue weighted by molar-refractivity contribution is 5.46. The average Bonchev–Trinajstić information content (AvgIpc) is 2.49. The maximum atomic E-state index is 9.02. The van der Waals surface area contributed by atoms with Crippen LogP contribution in [0.25, 0.3) is 0 Å². The third kappa shape index (κ3) is 0.992. The van der Waals surface area contributed by atoms with E-state index in [1.54, 1.807) is 6.20 Å². The number of hydrogen-bond donors (Lipinski definition) is 1. The molecule has 0 aliphatic carbocycles. The van der Waals surface area contributed by atoms with Gasteiger partial charge in [-0.1, -0.05) is 0 Å². The number of aryl methyl sites for hydroxylation is 1. The second-order valence-electron chi connectivity index (χ2n) is 3.15. The standard InChI is InChI=1S/C8H13N3O/c1-10-3-2-4-11-8(10)7(6-12)5-9-11/h5,12H,2-4,6H2,1H3. The van der Waals surface area contributed by atoms with Gasteiger partial charge >= 0.3 is 0 Å². The zero-order chi connectivity index (χ0) is 8.55. The molecule has 1 aliphatic rings. The maximum absolute atomic E-state index is 9.02. The topological polar surface area (TPSA) is 41.3 Å². The molecule has 1 aromatic rings. The summed E-state index contributed by atoms with van der Waals surface area (Å²) in [5.41, 5.74) is 0.928. The van der Waals surface area contributed by atoms with Crippen LogP contribution in [0.5, 0.6) is 0 Å². The maximum Gasteiger partial charge on any atom is 0.132 e. The number of nitrogens with zero attached hydrogens (tertiary/aromatic N) is 3. The van der Waals surface area contributed by atoms with Gasteiger partial charge in [-0.05, 0) is 6.42 Å². The fourth-order valence-corrected chi connectivity index (χ4v) is 1.70. The lowest BCUT2D eigenvalue weighted by Crippen LogP contribution is -2.29. The van der Waals surface area contributed by atoms with Crippen LogP contribution in [0.1, 0.15) is 12.0 Å². The minimum Gasteiger partial charge on any atom is -0.391 e. The van der Waals surface area contributed by atoms with Gasteiger partial charge in [0.2, 0.25) is 0 Å². The predicted octanol–water partition coefficient (Wildman–Crippen LogP) is 0.215. The molecule has 4 nitrogen and oxygen atoms in total. The van der Waals surface area contributed by atoms with Crippen LogP contribution >= 0.6 is 0 Å². The smallest absolute Gasteiger partial charge is 0.132 e. The predicted molar refractivity (Wildman–Crippen MR) is 46.0 cm³/mol. The van der Waals surface area contributed by atoms with E-state index in [1.807, 2.05) is 11.7 Å². The quantitative estimate of drug-likeness (QED) is 0.650. The molecule has 0 bridgehead atoms. The van der Waals surface area contributed by atoms with E-state index >= 15 is 0 Å². The summed E-state index contributed by atoms with van der Waals surface area (Å²) in [5, 5.41) is 13.2. The van der Waals surface area contributed by atoms with E-state index in [1.165, 1.54) is 0 Å². The Bertz CT molecular complexity index is 268. The van der Waals surface area contributed by atoms with Crippen molar-refractivity contribution in [2.75, 3.05) is 18.5 Å². The normalized spacial score (nSPS) is 16.3. The van der Waals surface area contributed by atoms with E-state index < -0.39 is 0 Å². The summed E-state index contributed by atoms with van der Waals surface area (Å²) in [6.07, 6.45) is 2.88. The lowest BCUT2D eigenvalue weighted by molar-refractivity contribution is 0.281. The number of aliphatic hydroxyl groups excluding tert-OH is 1. The number of rotatable bonds is 1. The summed E-state index contributed by atoms with van der Waals surface area (Å²) in [7, 11) is 2.03. The first-order chi connectivity index (χ1) is 5.83. The second kappa shape index (κ2) is 2.79. The molecule has 4 heteroatoms. The number of aromatic nitrogens is 2. The van der Waals surface area contributed by atoms with Crippen molar-refractivity contribution in [2.45, 2.75) is 19.6 Å². The van der Waals surface area contributed by atoms with Crippen LogP contribution in [0.15, 0.2) is 6.20 Å². The lowest BCUT2D eigenvalue weighted by atomic mass is 10.2. The molecule has 0 fully saturated rings. The molecule has 0 radical (unpaired) electrons. The summed E-state index contributed by atoms with van der Waals surface area (Å²) in [6, 6.07) is 0. The Morgan fingerprint density at radius 3 is 3.17 bits per heavy atom. The molecule has 0 amide bonds. The number of aliphatic hydroxyl groups is 1. The fourth-order valence-electron chi connectivity index (χ4n) is 1.70. The molecular formula is C8H13N3O. The van der Waals surface area contributed by atoms with Crippen LogP contribution in [0.3, 0.4) is 0 Å². The Morgan fingerprint density at radius 2 is 2.42 bits per heavy atom. The Morgan fingerprint density at radius 1 is 1.58 bits per heavy atom. The fraction of sp³-hybridized carbons (Fsp3) is 0.625. The number of anilines is 1.